The molecule has 0 aliphatic carbocycles. The third-order valence-electron chi connectivity index (χ3n) is 6.28. The third kappa shape index (κ3) is 7.50. The van der Waals surface area contributed by atoms with E-state index in [0.717, 1.165) is 57.2 Å². The van der Waals surface area contributed by atoms with E-state index in [1.165, 1.54) is 31.2 Å². The summed E-state index contributed by atoms with van der Waals surface area (Å²) in [6, 6.07) is 4.25. The predicted molar refractivity (Wildman–Crippen MR) is 122 cm³/mol. The van der Waals surface area contributed by atoms with Gasteiger partial charge in [-0.05, 0) is 62.1 Å². The van der Waals surface area contributed by atoms with E-state index in [2.05, 4.69) is 53.4 Å². The van der Waals surface area contributed by atoms with Gasteiger partial charge in [0, 0.05) is 39.0 Å². The zero-order valence-corrected chi connectivity index (χ0v) is 18.7. The van der Waals surface area contributed by atoms with Crippen molar-refractivity contribution in [2.75, 3.05) is 37.7 Å². The van der Waals surface area contributed by atoms with Crippen molar-refractivity contribution < 1.29 is 5.11 Å². The molecule has 2 heterocycles. The topological polar surface area (TPSA) is 72.8 Å². The fourth-order valence-corrected chi connectivity index (χ4v) is 3.99. The van der Waals surface area contributed by atoms with Gasteiger partial charge in [-0.1, -0.05) is 26.7 Å². The number of hydrogen-bond acceptors (Lipinski definition) is 4. The molecule has 3 N–H and O–H groups in total. The van der Waals surface area contributed by atoms with E-state index >= 15 is 0 Å². The third-order valence-corrected chi connectivity index (χ3v) is 6.28. The molecule has 6 nitrogen and oxygen atoms in total. The molecule has 29 heavy (non-hydrogen) atoms. The van der Waals surface area contributed by atoms with Crippen LogP contribution >= 0.6 is 0 Å². The Morgan fingerprint density at radius 2 is 1.86 bits per heavy atom. The first-order chi connectivity index (χ1) is 14.2. The molecule has 1 fully saturated rings. The summed E-state index contributed by atoms with van der Waals surface area (Å²) in [4.78, 5) is 11.8. The van der Waals surface area contributed by atoms with Gasteiger partial charge in [0.15, 0.2) is 5.96 Å². The lowest BCUT2D eigenvalue weighted by Crippen LogP contribution is -2.43. The molecule has 0 spiro atoms. The minimum Gasteiger partial charge on any atom is -0.396 e. The van der Waals surface area contributed by atoms with Crippen LogP contribution < -0.4 is 15.5 Å². The lowest BCUT2D eigenvalue weighted by Gasteiger charge is -2.32. The van der Waals surface area contributed by atoms with Gasteiger partial charge in [-0.15, -0.1) is 0 Å². The van der Waals surface area contributed by atoms with Gasteiger partial charge in [0.25, 0.3) is 0 Å². The van der Waals surface area contributed by atoms with Crippen LogP contribution in [-0.4, -0.2) is 48.8 Å². The average molecular weight is 404 g/mol. The number of aliphatic hydroxyl groups excluding tert-OH is 1. The minimum absolute atomic E-state index is 0.113. The van der Waals surface area contributed by atoms with Crippen LogP contribution in [0.2, 0.25) is 0 Å². The van der Waals surface area contributed by atoms with Crippen molar-refractivity contribution in [1.29, 1.82) is 0 Å². The number of guanidine groups is 1. The van der Waals surface area contributed by atoms with Gasteiger partial charge < -0.3 is 20.6 Å². The highest BCUT2D eigenvalue weighted by molar-refractivity contribution is 5.79. The average Bonchev–Trinajstić information content (AvgIpc) is 3.04. The molecular weight excluding hydrogens is 362 g/mol. The van der Waals surface area contributed by atoms with Crippen LogP contribution in [0.15, 0.2) is 23.3 Å². The van der Waals surface area contributed by atoms with Crippen molar-refractivity contribution >= 4 is 11.8 Å². The molecule has 2 rings (SSSR count). The highest BCUT2D eigenvalue weighted by atomic mass is 16.3. The van der Waals surface area contributed by atoms with Crippen molar-refractivity contribution in [2.45, 2.75) is 72.3 Å². The van der Waals surface area contributed by atoms with Crippen LogP contribution in [0.5, 0.6) is 0 Å². The molecule has 0 saturated carbocycles. The molecule has 0 bridgehead atoms. The van der Waals surface area contributed by atoms with Crippen molar-refractivity contribution in [1.82, 2.24) is 15.6 Å². The number of aromatic nitrogens is 1. The van der Waals surface area contributed by atoms with Crippen LogP contribution in [0.1, 0.15) is 71.3 Å². The largest absolute Gasteiger partial charge is 0.396 e. The Kier molecular flexibility index (Phi) is 10.3. The zero-order valence-electron chi connectivity index (χ0n) is 18.7. The van der Waals surface area contributed by atoms with E-state index < -0.39 is 0 Å². The van der Waals surface area contributed by atoms with Crippen molar-refractivity contribution in [3.05, 3.63) is 23.9 Å². The number of nitrogens with zero attached hydrogens (tertiary/aromatic N) is 3. The molecule has 6 heteroatoms. The number of hydrogen-bond donors (Lipinski definition) is 3. The molecule has 1 aliphatic rings. The maximum Gasteiger partial charge on any atom is 0.191 e. The Hall–Kier alpha value is -1.82. The Labute approximate surface area is 177 Å². The lowest BCUT2D eigenvalue weighted by molar-refractivity contribution is 0.169. The van der Waals surface area contributed by atoms with E-state index in [9.17, 15) is 5.11 Å². The number of aliphatic imine (C=N–C) groups is 1. The summed E-state index contributed by atoms with van der Waals surface area (Å²) in [5.41, 5.74) is 1.30. The Bertz CT molecular complexity index is 607. The quantitative estimate of drug-likeness (QED) is 0.410. The second kappa shape index (κ2) is 12.7. The molecule has 0 radical (unpaired) electrons. The van der Waals surface area contributed by atoms with Gasteiger partial charge in [-0.2, -0.15) is 0 Å². The van der Waals surface area contributed by atoms with Gasteiger partial charge in [0.05, 0.1) is 6.54 Å². The fourth-order valence-electron chi connectivity index (χ4n) is 3.99. The number of anilines is 1. The SMILES string of the molecule is CCNC(=NCc1ccnc(N2CCCCCC2)c1)NCC(CC)(CC)CCO. The maximum absolute atomic E-state index is 9.45. The Balaban J connectivity index is 2.02. The highest BCUT2D eigenvalue weighted by Gasteiger charge is 2.25. The number of rotatable bonds is 10. The van der Waals surface area contributed by atoms with E-state index in [-0.39, 0.29) is 12.0 Å². The Morgan fingerprint density at radius 3 is 2.48 bits per heavy atom. The number of nitrogens with one attached hydrogen (secondary N) is 2. The first kappa shape index (κ1) is 23.5. The molecule has 0 unspecified atom stereocenters. The van der Waals surface area contributed by atoms with Crippen LogP contribution in [0, 0.1) is 5.41 Å². The predicted octanol–water partition coefficient (Wildman–Crippen LogP) is 3.71. The molecular formula is C23H41N5O. The monoisotopic (exact) mass is 403 g/mol. The van der Waals surface area contributed by atoms with Gasteiger partial charge in [-0.3, -0.25) is 0 Å². The van der Waals surface area contributed by atoms with E-state index in [1.807, 2.05) is 6.20 Å². The zero-order chi connectivity index (χ0) is 21.0. The minimum atomic E-state index is 0.113. The van der Waals surface area contributed by atoms with Crippen LogP contribution in [0.25, 0.3) is 0 Å². The molecule has 0 aromatic carbocycles. The highest BCUT2D eigenvalue weighted by Crippen LogP contribution is 2.29. The van der Waals surface area contributed by atoms with Gasteiger partial charge in [-0.25, -0.2) is 9.98 Å². The summed E-state index contributed by atoms with van der Waals surface area (Å²) >= 11 is 0. The number of pyridine rings is 1. The fraction of sp³-hybridized carbons (Fsp3) is 0.739. The van der Waals surface area contributed by atoms with E-state index in [1.54, 1.807) is 0 Å². The lowest BCUT2D eigenvalue weighted by atomic mass is 9.79. The summed E-state index contributed by atoms with van der Waals surface area (Å²) < 4.78 is 0. The van der Waals surface area contributed by atoms with Gasteiger partial charge in [0.2, 0.25) is 0 Å². The van der Waals surface area contributed by atoms with E-state index in [0.29, 0.717) is 6.54 Å². The standard InChI is InChI=1S/C23H41N5O/c1-4-23(5-2,12-16-29)19-27-22(24-6-3)26-18-20-11-13-25-21(17-20)28-14-9-7-8-10-15-28/h11,13,17,29H,4-10,12,14-16,18-19H2,1-3H3,(H2,24,26,27). The summed E-state index contributed by atoms with van der Waals surface area (Å²) in [5, 5.41) is 16.3. The maximum atomic E-state index is 9.45. The second-order valence-electron chi connectivity index (χ2n) is 8.15. The summed E-state index contributed by atoms with van der Waals surface area (Å²) in [6.45, 7) is 11.2. The van der Waals surface area contributed by atoms with Crippen molar-refractivity contribution in [2.24, 2.45) is 10.4 Å². The molecule has 164 valence electrons. The Morgan fingerprint density at radius 1 is 1.14 bits per heavy atom. The van der Waals surface area contributed by atoms with E-state index in [4.69, 9.17) is 4.99 Å². The normalized spacial score (nSPS) is 15.9. The summed E-state index contributed by atoms with van der Waals surface area (Å²) in [7, 11) is 0. The second-order valence-corrected chi connectivity index (χ2v) is 8.15. The molecule has 1 aromatic rings. The summed E-state index contributed by atoms with van der Waals surface area (Å²) in [6.07, 6.45) is 9.96. The first-order valence-electron chi connectivity index (χ1n) is 11.5. The molecule has 0 amide bonds. The van der Waals surface area contributed by atoms with Crippen molar-refractivity contribution in [3.8, 4) is 0 Å². The van der Waals surface area contributed by atoms with Crippen LogP contribution in [0.3, 0.4) is 0 Å². The van der Waals surface area contributed by atoms with Crippen molar-refractivity contribution in [3.63, 3.8) is 0 Å². The van der Waals surface area contributed by atoms with Gasteiger partial charge >= 0.3 is 0 Å². The molecule has 1 aliphatic heterocycles. The summed E-state index contributed by atoms with van der Waals surface area (Å²) in [5.74, 6) is 1.92. The number of aliphatic hydroxyl groups is 1. The van der Waals surface area contributed by atoms with Crippen LogP contribution in [0.4, 0.5) is 5.82 Å². The molecule has 1 aromatic heterocycles. The molecule has 1 saturated heterocycles. The van der Waals surface area contributed by atoms with Gasteiger partial charge in [0.1, 0.15) is 5.82 Å². The van der Waals surface area contributed by atoms with Crippen LogP contribution in [-0.2, 0) is 6.54 Å². The first-order valence-corrected chi connectivity index (χ1v) is 11.5. The smallest absolute Gasteiger partial charge is 0.191 e. The molecule has 0 atom stereocenters.